The van der Waals surface area contributed by atoms with Crippen LogP contribution in [0.3, 0.4) is 0 Å². The molecule has 3 N–H and O–H groups in total. The second kappa shape index (κ2) is 7.84. The van der Waals surface area contributed by atoms with Crippen molar-refractivity contribution in [2.45, 2.75) is 12.5 Å². The summed E-state index contributed by atoms with van der Waals surface area (Å²) < 4.78 is 0. The molecule has 0 radical (unpaired) electrons. The first kappa shape index (κ1) is 14.6. The number of nitrogens with two attached hydrogens (primary N) is 1. The van der Waals surface area contributed by atoms with Crippen molar-refractivity contribution in [3.63, 3.8) is 0 Å². The number of carbonyl (C=O) groups excluding carboxylic acids is 2. The van der Waals surface area contributed by atoms with Gasteiger partial charge in [0.1, 0.15) is 0 Å². The van der Waals surface area contributed by atoms with Crippen molar-refractivity contribution >= 4 is 37.1 Å². The SMILES string of the molecule is CNC(=O)[C@@H](CS)N(CS)CCC(N)=O. The van der Waals surface area contributed by atoms with Gasteiger partial charge in [0.05, 0.1) is 6.04 Å². The van der Waals surface area contributed by atoms with Crippen molar-refractivity contribution in [3.05, 3.63) is 0 Å². The van der Waals surface area contributed by atoms with Gasteiger partial charge in [-0.2, -0.15) is 25.3 Å². The fraction of sp³-hybridized carbons (Fsp3) is 0.750. The van der Waals surface area contributed by atoms with Crippen molar-refractivity contribution < 1.29 is 9.59 Å². The van der Waals surface area contributed by atoms with Gasteiger partial charge in [-0.05, 0) is 0 Å². The predicted molar refractivity (Wildman–Crippen MR) is 66.1 cm³/mol. The molecule has 0 aliphatic heterocycles. The lowest BCUT2D eigenvalue weighted by Gasteiger charge is -2.27. The Bertz CT molecular complexity index is 226. The van der Waals surface area contributed by atoms with Gasteiger partial charge < -0.3 is 11.1 Å². The van der Waals surface area contributed by atoms with Crippen LogP contribution in [-0.4, -0.2) is 48.0 Å². The molecule has 5 nitrogen and oxygen atoms in total. The summed E-state index contributed by atoms with van der Waals surface area (Å²) in [5.41, 5.74) is 5.04. The lowest BCUT2D eigenvalue weighted by atomic mass is 10.2. The summed E-state index contributed by atoms with van der Waals surface area (Å²) in [5, 5.41) is 2.54. The van der Waals surface area contributed by atoms with Crippen LogP contribution in [0.4, 0.5) is 0 Å². The third-order valence-corrected chi connectivity index (χ3v) is 2.70. The Kier molecular flexibility index (Phi) is 7.63. The van der Waals surface area contributed by atoms with E-state index in [1.165, 1.54) is 0 Å². The lowest BCUT2D eigenvalue weighted by Crippen LogP contribution is -2.47. The zero-order valence-corrected chi connectivity index (χ0v) is 10.4. The number of primary amides is 1. The minimum atomic E-state index is -0.392. The van der Waals surface area contributed by atoms with E-state index in [1.807, 2.05) is 0 Å². The normalized spacial score (nSPS) is 12.5. The molecule has 7 heteroatoms. The zero-order chi connectivity index (χ0) is 11.8. The van der Waals surface area contributed by atoms with Crippen LogP contribution in [0.2, 0.25) is 0 Å². The Labute approximate surface area is 101 Å². The second-order valence-electron chi connectivity index (χ2n) is 2.98. The molecule has 0 fully saturated rings. The van der Waals surface area contributed by atoms with E-state index in [0.717, 1.165) is 0 Å². The molecule has 0 aromatic rings. The fourth-order valence-corrected chi connectivity index (χ4v) is 1.85. The van der Waals surface area contributed by atoms with Gasteiger partial charge in [0.15, 0.2) is 0 Å². The number of thiol groups is 2. The lowest BCUT2D eigenvalue weighted by molar-refractivity contribution is -0.125. The maximum Gasteiger partial charge on any atom is 0.237 e. The average molecular weight is 251 g/mol. The van der Waals surface area contributed by atoms with Gasteiger partial charge in [0, 0.05) is 31.6 Å². The molecule has 15 heavy (non-hydrogen) atoms. The Hall–Kier alpha value is -0.400. The monoisotopic (exact) mass is 251 g/mol. The van der Waals surface area contributed by atoms with Crippen molar-refractivity contribution in [1.82, 2.24) is 10.2 Å². The van der Waals surface area contributed by atoms with Crippen LogP contribution in [-0.2, 0) is 9.59 Å². The second-order valence-corrected chi connectivity index (χ2v) is 3.63. The van der Waals surface area contributed by atoms with E-state index in [0.29, 0.717) is 18.2 Å². The van der Waals surface area contributed by atoms with E-state index in [2.05, 4.69) is 30.6 Å². The van der Waals surface area contributed by atoms with Crippen LogP contribution in [0.25, 0.3) is 0 Å². The van der Waals surface area contributed by atoms with Crippen LogP contribution in [0.15, 0.2) is 0 Å². The number of nitrogens with zero attached hydrogens (tertiary/aromatic N) is 1. The highest BCUT2D eigenvalue weighted by molar-refractivity contribution is 7.80. The molecular formula is C8H17N3O2S2. The van der Waals surface area contributed by atoms with E-state index < -0.39 is 5.91 Å². The van der Waals surface area contributed by atoms with Gasteiger partial charge in [-0.15, -0.1) is 0 Å². The largest absolute Gasteiger partial charge is 0.370 e. The first-order chi connectivity index (χ1) is 7.06. The topological polar surface area (TPSA) is 75.4 Å². The van der Waals surface area contributed by atoms with Crippen molar-refractivity contribution in [3.8, 4) is 0 Å². The van der Waals surface area contributed by atoms with Gasteiger partial charge in [-0.3, -0.25) is 14.5 Å². The number of likely N-dealkylation sites (N-methyl/N-ethyl adjacent to an activating group) is 1. The molecule has 88 valence electrons. The average Bonchev–Trinajstić information content (AvgIpc) is 2.22. The molecule has 2 amide bonds. The molecule has 0 bridgehead atoms. The van der Waals surface area contributed by atoms with Gasteiger partial charge in [0.25, 0.3) is 0 Å². The number of hydrogen-bond donors (Lipinski definition) is 4. The molecule has 0 saturated carbocycles. The molecular weight excluding hydrogens is 234 g/mol. The number of amides is 2. The molecule has 1 atom stereocenters. The van der Waals surface area contributed by atoms with E-state index in [-0.39, 0.29) is 18.4 Å². The maximum atomic E-state index is 11.4. The summed E-state index contributed by atoms with van der Waals surface area (Å²) in [5.74, 6) is 0.227. The van der Waals surface area contributed by atoms with Gasteiger partial charge >= 0.3 is 0 Å². The van der Waals surface area contributed by atoms with Gasteiger partial charge in [-0.1, -0.05) is 0 Å². The van der Waals surface area contributed by atoms with Crippen LogP contribution >= 0.6 is 25.3 Å². The van der Waals surface area contributed by atoms with E-state index in [4.69, 9.17) is 5.73 Å². The third-order valence-electron chi connectivity index (χ3n) is 1.99. The van der Waals surface area contributed by atoms with Gasteiger partial charge in [-0.25, -0.2) is 0 Å². The quantitative estimate of drug-likeness (QED) is 0.350. The summed E-state index contributed by atoms with van der Waals surface area (Å²) in [6.45, 7) is 0.414. The Balaban J connectivity index is 4.33. The Morgan fingerprint density at radius 2 is 2.07 bits per heavy atom. The van der Waals surface area contributed by atoms with Crippen LogP contribution in [0, 0.1) is 0 Å². The predicted octanol–water partition coefficient (Wildman–Crippen LogP) is -0.904. The van der Waals surface area contributed by atoms with Crippen LogP contribution < -0.4 is 11.1 Å². The van der Waals surface area contributed by atoms with Crippen LogP contribution in [0.5, 0.6) is 0 Å². The van der Waals surface area contributed by atoms with Crippen LogP contribution in [0.1, 0.15) is 6.42 Å². The minimum Gasteiger partial charge on any atom is -0.370 e. The van der Waals surface area contributed by atoms with Crippen molar-refractivity contribution in [2.24, 2.45) is 5.73 Å². The van der Waals surface area contributed by atoms with Crippen molar-refractivity contribution in [2.75, 3.05) is 25.2 Å². The van der Waals surface area contributed by atoms with E-state index in [9.17, 15) is 9.59 Å². The first-order valence-corrected chi connectivity index (χ1v) is 5.79. The highest BCUT2D eigenvalue weighted by Crippen LogP contribution is 2.04. The third kappa shape index (κ3) is 5.29. The number of nitrogens with one attached hydrogen (secondary N) is 1. The summed E-state index contributed by atoms with van der Waals surface area (Å²) in [6.07, 6.45) is 0.210. The molecule has 0 rings (SSSR count). The zero-order valence-electron chi connectivity index (χ0n) is 8.64. The molecule has 0 saturated heterocycles. The first-order valence-electron chi connectivity index (χ1n) is 4.52. The van der Waals surface area contributed by atoms with E-state index >= 15 is 0 Å². The number of rotatable bonds is 7. The maximum absolute atomic E-state index is 11.4. The molecule has 0 aliphatic carbocycles. The number of hydrogen-bond acceptors (Lipinski definition) is 5. The molecule has 0 unspecified atom stereocenters. The van der Waals surface area contributed by atoms with E-state index in [1.54, 1.807) is 11.9 Å². The smallest absolute Gasteiger partial charge is 0.237 e. The molecule has 0 aliphatic rings. The van der Waals surface area contributed by atoms with Crippen molar-refractivity contribution in [1.29, 1.82) is 0 Å². The highest BCUT2D eigenvalue weighted by atomic mass is 32.1. The fourth-order valence-electron chi connectivity index (χ4n) is 1.11. The molecule has 0 aromatic heterocycles. The Morgan fingerprint density at radius 1 is 1.47 bits per heavy atom. The molecule has 0 heterocycles. The number of carbonyl (C=O) groups is 2. The summed E-state index contributed by atoms with van der Waals surface area (Å²) in [6, 6.07) is -0.379. The standard InChI is InChI=1S/C8H17N3O2S2/c1-10-8(13)6(4-14)11(5-15)3-2-7(9)12/h6,14-15H,2-5H2,1H3,(H2,9,12)(H,10,13)/t6-/m1/s1. The highest BCUT2D eigenvalue weighted by Gasteiger charge is 2.22. The minimum absolute atomic E-state index is 0.136. The molecule has 0 aromatic carbocycles. The summed E-state index contributed by atoms with van der Waals surface area (Å²) in [4.78, 5) is 23.8. The summed E-state index contributed by atoms with van der Waals surface area (Å²) >= 11 is 8.20. The summed E-state index contributed by atoms with van der Waals surface area (Å²) in [7, 11) is 1.56. The molecule has 0 spiro atoms. The Morgan fingerprint density at radius 3 is 2.40 bits per heavy atom. The van der Waals surface area contributed by atoms with Gasteiger partial charge in [0.2, 0.25) is 11.8 Å².